The monoisotopic (exact) mass is 286 g/mol. The maximum Gasteiger partial charge on any atom is 0.223 e. The van der Waals surface area contributed by atoms with Gasteiger partial charge in [-0.15, -0.1) is 12.4 Å². The van der Waals surface area contributed by atoms with Gasteiger partial charge >= 0.3 is 0 Å². The Labute approximate surface area is 122 Å². The second kappa shape index (κ2) is 6.45. The van der Waals surface area contributed by atoms with Gasteiger partial charge in [-0.05, 0) is 56.3 Å². The van der Waals surface area contributed by atoms with Gasteiger partial charge < -0.3 is 10.6 Å². The maximum atomic E-state index is 12.5. The van der Waals surface area contributed by atoms with Gasteiger partial charge in [0.1, 0.15) is 0 Å². The molecule has 2 aliphatic carbocycles. The molecule has 3 rings (SSSR count). The second-order valence-corrected chi connectivity index (χ2v) is 6.61. The molecule has 2 saturated carbocycles. The Bertz CT molecular complexity index is 323. The summed E-state index contributed by atoms with van der Waals surface area (Å²) in [6.07, 6.45) is 9.83. The zero-order chi connectivity index (χ0) is 12.5. The number of fused-ring (bicyclic) bond motifs is 2. The molecule has 3 nitrogen and oxygen atoms in total. The van der Waals surface area contributed by atoms with E-state index in [-0.39, 0.29) is 12.4 Å². The summed E-state index contributed by atoms with van der Waals surface area (Å²) in [6, 6.07) is 0.324. The number of rotatable bonds is 3. The van der Waals surface area contributed by atoms with Crippen LogP contribution in [0, 0.1) is 17.8 Å². The summed E-state index contributed by atoms with van der Waals surface area (Å²) >= 11 is 0. The summed E-state index contributed by atoms with van der Waals surface area (Å²) < 4.78 is 0. The van der Waals surface area contributed by atoms with Crippen LogP contribution in [0.1, 0.15) is 51.4 Å². The third-order valence-electron chi connectivity index (χ3n) is 5.54. The molecule has 0 aromatic carbocycles. The van der Waals surface area contributed by atoms with Crippen molar-refractivity contribution in [1.29, 1.82) is 0 Å². The highest BCUT2D eigenvalue weighted by atomic mass is 35.5. The first kappa shape index (κ1) is 15.1. The molecule has 1 aliphatic heterocycles. The molecule has 3 fully saturated rings. The third-order valence-corrected chi connectivity index (χ3v) is 5.54. The fraction of sp³-hybridized carbons (Fsp3) is 0.933. The van der Waals surface area contributed by atoms with E-state index in [0.717, 1.165) is 31.2 Å². The topological polar surface area (TPSA) is 46.3 Å². The second-order valence-electron chi connectivity index (χ2n) is 6.61. The molecular formula is C15H27ClN2O. The predicted molar refractivity (Wildman–Crippen MR) is 79.2 cm³/mol. The average Bonchev–Trinajstić information content (AvgIpc) is 3.01. The maximum absolute atomic E-state index is 12.5. The van der Waals surface area contributed by atoms with E-state index >= 15 is 0 Å². The van der Waals surface area contributed by atoms with Crippen molar-refractivity contribution < 1.29 is 4.79 Å². The van der Waals surface area contributed by atoms with E-state index in [4.69, 9.17) is 5.73 Å². The minimum absolute atomic E-state index is 0. The van der Waals surface area contributed by atoms with Gasteiger partial charge in [-0.3, -0.25) is 4.79 Å². The largest absolute Gasteiger partial charge is 0.338 e. The fourth-order valence-electron chi connectivity index (χ4n) is 4.54. The Balaban J connectivity index is 0.00000133. The number of halogens is 1. The lowest BCUT2D eigenvalue weighted by Gasteiger charge is -2.36. The fourth-order valence-corrected chi connectivity index (χ4v) is 4.54. The normalized spacial score (nSPS) is 37.2. The molecule has 4 atom stereocenters. The van der Waals surface area contributed by atoms with Crippen LogP contribution in [0.15, 0.2) is 0 Å². The van der Waals surface area contributed by atoms with E-state index in [0.29, 0.717) is 24.4 Å². The van der Waals surface area contributed by atoms with Crippen molar-refractivity contribution in [3.63, 3.8) is 0 Å². The number of carbonyl (C=O) groups is 1. The number of nitrogens with two attached hydrogens (primary N) is 1. The van der Waals surface area contributed by atoms with E-state index < -0.39 is 0 Å². The first-order chi connectivity index (χ1) is 8.78. The van der Waals surface area contributed by atoms with Crippen molar-refractivity contribution in [1.82, 2.24) is 4.90 Å². The lowest BCUT2D eigenvalue weighted by molar-refractivity contribution is -0.136. The molecule has 0 spiro atoms. The molecule has 4 unspecified atom stereocenters. The number of carbonyl (C=O) groups excluding carboxylic acids is 1. The van der Waals surface area contributed by atoms with Gasteiger partial charge in [-0.2, -0.15) is 0 Å². The summed E-state index contributed by atoms with van der Waals surface area (Å²) in [5.41, 5.74) is 5.81. The van der Waals surface area contributed by atoms with Gasteiger partial charge in [0.25, 0.3) is 0 Å². The molecule has 4 heteroatoms. The van der Waals surface area contributed by atoms with E-state index in [1.165, 1.54) is 38.5 Å². The summed E-state index contributed by atoms with van der Waals surface area (Å²) in [7, 11) is 0. The molecule has 0 aromatic heterocycles. The van der Waals surface area contributed by atoms with Crippen LogP contribution < -0.4 is 5.73 Å². The van der Waals surface area contributed by atoms with Crippen molar-refractivity contribution in [2.45, 2.75) is 57.4 Å². The van der Waals surface area contributed by atoms with Crippen LogP contribution in [0.3, 0.4) is 0 Å². The molecule has 1 heterocycles. The van der Waals surface area contributed by atoms with Crippen molar-refractivity contribution in [2.75, 3.05) is 13.1 Å². The minimum Gasteiger partial charge on any atom is -0.338 e. The zero-order valence-corrected chi connectivity index (χ0v) is 12.5. The Hall–Kier alpha value is -0.280. The lowest BCUT2D eigenvalue weighted by Crippen LogP contribution is -2.48. The van der Waals surface area contributed by atoms with Gasteiger partial charge in [-0.1, -0.05) is 6.42 Å². The van der Waals surface area contributed by atoms with E-state index in [9.17, 15) is 4.79 Å². The van der Waals surface area contributed by atoms with Crippen LogP contribution in [0.5, 0.6) is 0 Å². The number of hydrogen-bond donors (Lipinski definition) is 1. The van der Waals surface area contributed by atoms with E-state index in [1.807, 2.05) is 0 Å². The highest BCUT2D eigenvalue weighted by molar-refractivity contribution is 5.85. The highest BCUT2D eigenvalue weighted by Gasteiger charge is 2.41. The van der Waals surface area contributed by atoms with Crippen LogP contribution in [0.25, 0.3) is 0 Å². The molecule has 19 heavy (non-hydrogen) atoms. The SMILES string of the molecule is Cl.NCC1CCCCN1C(=O)CC1CC2CCC1C2. The van der Waals surface area contributed by atoms with Gasteiger partial charge in [0.05, 0.1) is 0 Å². The zero-order valence-electron chi connectivity index (χ0n) is 11.7. The lowest BCUT2D eigenvalue weighted by atomic mass is 9.85. The van der Waals surface area contributed by atoms with Crippen LogP contribution in [-0.2, 0) is 4.79 Å². The summed E-state index contributed by atoms with van der Waals surface area (Å²) in [4.78, 5) is 14.6. The first-order valence-corrected chi connectivity index (χ1v) is 7.77. The van der Waals surface area contributed by atoms with Crippen molar-refractivity contribution in [3.05, 3.63) is 0 Å². The third kappa shape index (κ3) is 3.08. The number of likely N-dealkylation sites (tertiary alicyclic amines) is 1. The molecule has 0 aromatic rings. The molecule has 110 valence electrons. The van der Waals surface area contributed by atoms with Crippen molar-refractivity contribution in [3.8, 4) is 0 Å². The summed E-state index contributed by atoms with van der Waals surface area (Å²) in [5.74, 6) is 2.89. The minimum atomic E-state index is 0. The van der Waals surface area contributed by atoms with Crippen molar-refractivity contribution >= 4 is 18.3 Å². The number of piperidine rings is 1. The molecule has 1 saturated heterocycles. The van der Waals surface area contributed by atoms with E-state index in [1.54, 1.807) is 0 Å². The van der Waals surface area contributed by atoms with Crippen LogP contribution >= 0.6 is 12.4 Å². The number of hydrogen-bond acceptors (Lipinski definition) is 2. The summed E-state index contributed by atoms with van der Waals surface area (Å²) in [5, 5.41) is 0. The van der Waals surface area contributed by atoms with Crippen LogP contribution in [0.4, 0.5) is 0 Å². The number of nitrogens with zero attached hydrogens (tertiary/aromatic N) is 1. The van der Waals surface area contributed by atoms with Gasteiger partial charge in [0.15, 0.2) is 0 Å². The molecule has 0 radical (unpaired) electrons. The van der Waals surface area contributed by atoms with Gasteiger partial charge in [-0.25, -0.2) is 0 Å². The van der Waals surface area contributed by atoms with Crippen LogP contribution in [-0.4, -0.2) is 29.9 Å². The standard InChI is InChI=1S/C15H26N2O.ClH/c16-10-14-3-1-2-6-17(14)15(18)9-13-8-11-4-5-12(13)7-11;/h11-14H,1-10,16H2;1H. The average molecular weight is 287 g/mol. The van der Waals surface area contributed by atoms with Crippen LogP contribution in [0.2, 0.25) is 0 Å². The molecule has 2 N–H and O–H groups in total. The molecule has 3 aliphatic rings. The highest BCUT2D eigenvalue weighted by Crippen LogP contribution is 2.49. The van der Waals surface area contributed by atoms with Gasteiger partial charge in [0, 0.05) is 25.6 Å². The molecular weight excluding hydrogens is 260 g/mol. The molecule has 1 amide bonds. The Morgan fingerprint density at radius 1 is 1.16 bits per heavy atom. The first-order valence-electron chi connectivity index (χ1n) is 7.77. The smallest absolute Gasteiger partial charge is 0.223 e. The Morgan fingerprint density at radius 2 is 2.00 bits per heavy atom. The predicted octanol–water partition coefficient (Wildman–Crippen LogP) is 2.57. The van der Waals surface area contributed by atoms with Gasteiger partial charge in [0.2, 0.25) is 5.91 Å². The Kier molecular flexibility index (Phi) is 5.13. The quantitative estimate of drug-likeness (QED) is 0.867. The summed E-state index contributed by atoms with van der Waals surface area (Å²) in [6.45, 7) is 1.59. The van der Waals surface area contributed by atoms with E-state index in [2.05, 4.69) is 4.90 Å². The van der Waals surface area contributed by atoms with Crippen molar-refractivity contribution in [2.24, 2.45) is 23.5 Å². The molecule has 2 bridgehead atoms. The number of amides is 1. The Morgan fingerprint density at radius 3 is 2.63 bits per heavy atom.